The molecule has 16 heavy (non-hydrogen) atoms. The number of alkyl halides is 3. The molecular formula is C9H7ClF3NO2. The third kappa shape index (κ3) is 2.44. The number of hydrogen-bond donors (Lipinski definition) is 0. The van der Waals surface area contributed by atoms with Crippen LogP contribution in [0.3, 0.4) is 0 Å². The Kier molecular flexibility index (Phi) is 4.12. The molecule has 0 radical (unpaired) electrons. The number of methoxy groups -OCH3 is 1. The molecule has 0 aromatic carbocycles. The zero-order valence-electron chi connectivity index (χ0n) is 8.14. The molecule has 1 heterocycles. The molecule has 7 heteroatoms. The number of halogens is 4. The van der Waals surface area contributed by atoms with E-state index in [0.29, 0.717) is 0 Å². The van der Waals surface area contributed by atoms with E-state index in [9.17, 15) is 18.0 Å². The molecule has 0 saturated heterocycles. The lowest BCUT2D eigenvalue weighted by molar-refractivity contribution is 0.0591. The molecule has 0 bridgehead atoms. The molecular weight excluding hydrogens is 247 g/mol. The Morgan fingerprint density at radius 1 is 1.62 bits per heavy atom. The van der Waals surface area contributed by atoms with Crippen molar-refractivity contribution in [3.05, 3.63) is 28.8 Å². The lowest BCUT2D eigenvalue weighted by atomic mass is 10.2. The largest absolute Gasteiger partial charge is 0.464 e. The first kappa shape index (κ1) is 12.8. The topological polar surface area (TPSA) is 39.2 Å². The minimum Gasteiger partial charge on any atom is -0.464 e. The van der Waals surface area contributed by atoms with Crippen LogP contribution in [0.15, 0.2) is 6.07 Å². The fourth-order valence-corrected chi connectivity index (χ4v) is 1.35. The number of hydrogen-bond acceptors (Lipinski definition) is 3. The average molecular weight is 254 g/mol. The first-order chi connectivity index (χ1) is 7.51. The molecule has 0 saturated carbocycles. The van der Waals surface area contributed by atoms with Gasteiger partial charge < -0.3 is 4.74 Å². The number of carbonyl (C=O) groups is 1. The van der Waals surface area contributed by atoms with Gasteiger partial charge >= 0.3 is 5.97 Å². The van der Waals surface area contributed by atoms with E-state index in [4.69, 9.17) is 11.6 Å². The van der Waals surface area contributed by atoms with Gasteiger partial charge in [-0.05, 0) is 0 Å². The SMILES string of the molecule is COC(=O)c1cc(F)c(CCl)c(C(F)F)n1. The highest BCUT2D eigenvalue weighted by Gasteiger charge is 2.22. The van der Waals surface area contributed by atoms with E-state index in [-0.39, 0.29) is 0 Å². The standard InChI is InChI=1S/C9H7ClF3NO2/c1-16-9(15)6-2-5(11)4(3-10)7(14-6)8(12)13/h2,8H,3H2,1H3. The van der Waals surface area contributed by atoms with Crippen LogP contribution < -0.4 is 0 Å². The third-order valence-corrected chi connectivity index (χ3v) is 2.10. The molecule has 0 aliphatic rings. The Labute approximate surface area is 94.2 Å². The summed E-state index contributed by atoms with van der Waals surface area (Å²) in [5.74, 6) is -2.43. The van der Waals surface area contributed by atoms with Gasteiger partial charge in [0.2, 0.25) is 0 Å². The van der Waals surface area contributed by atoms with Crippen molar-refractivity contribution in [1.29, 1.82) is 0 Å². The summed E-state index contributed by atoms with van der Waals surface area (Å²) in [6.45, 7) is 0. The second kappa shape index (κ2) is 5.16. The van der Waals surface area contributed by atoms with Gasteiger partial charge in [0.15, 0.2) is 5.69 Å². The molecule has 0 aliphatic carbocycles. The lowest BCUT2D eigenvalue weighted by Gasteiger charge is -2.08. The van der Waals surface area contributed by atoms with Crippen molar-refractivity contribution in [3.8, 4) is 0 Å². The fourth-order valence-electron chi connectivity index (χ4n) is 1.08. The Balaban J connectivity index is 3.33. The third-order valence-electron chi connectivity index (χ3n) is 1.84. The van der Waals surface area contributed by atoms with Gasteiger partial charge in [-0.1, -0.05) is 0 Å². The van der Waals surface area contributed by atoms with Crippen LogP contribution in [0.1, 0.15) is 28.2 Å². The highest BCUT2D eigenvalue weighted by molar-refractivity contribution is 6.17. The number of ether oxygens (including phenoxy) is 1. The van der Waals surface area contributed by atoms with Gasteiger partial charge in [-0.3, -0.25) is 0 Å². The maximum atomic E-state index is 13.3. The van der Waals surface area contributed by atoms with Gasteiger partial charge in [-0.2, -0.15) is 0 Å². The van der Waals surface area contributed by atoms with Gasteiger partial charge in [-0.25, -0.2) is 22.9 Å². The zero-order valence-corrected chi connectivity index (χ0v) is 8.89. The van der Waals surface area contributed by atoms with Crippen LogP contribution in [0.4, 0.5) is 13.2 Å². The van der Waals surface area contributed by atoms with Crippen LogP contribution in [0, 0.1) is 5.82 Å². The van der Waals surface area contributed by atoms with E-state index >= 15 is 0 Å². The quantitative estimate of drug-likeness (QED) is 0.614. The second-order valence-corrected chi connectivity index (χ2v) is 3.05. The van der Waals surface area contributed by atoms with Gasteiger partial charge in [-0.15, -0.1) is 11.6 Å². The van der Waals surface area contributed by atoms with Crippen LogP contribution in [0.2, 0.25) is 0 Å². The molecule has 0 atom stereocenters. The molecule has 0 fully saturated rings. The first-order valence-electron chi connectivity index (χ1n) is 4.13. The number of pyridine rings is 1. The van der Waals surface area contributed by atoms with Crippen LogP contribution in [0.25, 0.3) is 0 Å². The maximum absolute atomic E-state index is 13.3. The molecule has 88 valence electrons. The molecule has 0 spiro atoms. The second-order valence-electron chi connectivity index (χ2n) is 2.78. The van der Waals surface area contributed by atoms with Crippen molar-refractivity contribution in [2.45, 2.75) is 12.3 Å². The molecule has 1 rings (SSSR count). The van der Waals surface area contributed by atoms with Gasteiger partial charge in [0.1, 0.15) is 11.5 Å². The summed E-state index contributed by atoms with van der Waals surface area (Å²) in [5.41, 5.74) is -1.76. The van der Waals surface area contributed by atoms with E-state index < -0.39 is 41.0 Å². The Hall–Kier alpha value is -1.30. The van der Waals surface area contributed by atoms with E-state index in [1.807, 2.05) is 0 Å². The number of aromatic nitrogens is 1. The summed E-state index contributed by atoms with van der Waals surface area (Å²) < 4.78 is 42.6. The normalized spacial score (nSPS) is 10.6. The molecule has 3 nitrogen and oxygen atoms in total. The summed E-state index contributed by atoms with van der Waals surface area (Å²) in [6.07, 6.45) is -3.01. The highest BCUT2D eigenvalue weighted by Crippen LogP contribution is 2.25. The van der Waals surface area contributed by atoms with Crippen molar-refractivity contribution >= 4 is 17.6 Å². The van der Waals surface area contributed by atoms with Crippen molar-refractivity contribution < 1.29 is 22.7 Å². The average Bonchev–Trinajstić information content (AvgIpc) is 2.26. The minimum atomic E-state index is -3.01. The summed E-state index contributed by atoms with van der Waals surface area (Å²) in [5, 5.41) is 0. The number of esters is 1. The number of rotatable bonds is 3. The smallest absolute Gasteiger partial charge is 0.356 e. The van der Waals surface area contributed by atoms with Crippen molar-refractivity contribution in [3.63, 3.8) is 0 Å². The molecule has 1 aromatic rings. The number of carbonyl (C=O) groups excluding carboxylic acids is 1. The summed E-state index contributed by atoms with van der Waals surface area (Å²) in [4.78, 5) is 14.3. The number of nitrogens with zero attached hydrogens (tertiary/aromatic N) is 1. The van der Waals surface area contributed by atoms with E-state index in [2.05, 4.69) is 9.72 Å². The van der Waals surface area contributed by atoms with Crippen LogP contribution >= 0.6 is 11.6 Å². The Morgan fingerprint density at radius 3 is 2.69 bits per heavy atom. The van der Waals surface area contributed by atoms with Crippen LogP contribution in [-0.4, -0.2) is 18.1 Å². The molecule has 0 unspecified atom stereocenters. The summed E-state index contributed by atoms with van der Waals surface area (Å²) in [7, 11) is 1.04. The van der Waals surface area contributed by atoms with E-state index in [1.54, 1.807) is 0 Å². The predicted octanol–water partition coefficient (Wildman–Crippen LogP) is 2.68. The monoisotopic (exact) mass is 253 g/mol. The maximum Gasteiger partial charge on any atom is 0.356 e. The summed E-state index contributed by atoms with van der Waals surface area (Å²) in [6, 6.07) is 0.718. The molecule has 0 N–H and O–H groups in total. The first-order valence-corrected chi connectivity index (χ1v) is 4.66. The van der Waals surface area contributed by atoms with Crippen molar-refractivity contribution in [2.24, 2.45) is 0 Å². The van der Waals surface area contributed by atoms with E-state index in [0.717, 1.165) is 13.2 Å². The molecule has 0 aliphatic heterocycles. The van der Waals surface area contributed by atoms with Crippen LogP contribution in [0.5, 0.6) is 0 Å². The Morgan fingerprint density at radius 2 is 2.25 bits per heavy atom. The lowest BCUT2D eigenvalue weighted by Crippen LogP contribution is -2.10. The Bertz CT molecular complexity index is 412. The summed E-state index contributed by atoms with van der Waals surface area (Å²) >= 11 is 5.32. The van der Waals surface area contributed by atoms with Crippen molar-refractivity contribution in [1.82, 2.24) is 4.98 Å². The van der Waals surface area contributed by atoms with Crippen molar-refractivity contribution in [2.75, 3.05) is 7.11 Å². The predicted molar refractivity (Wildman–Crippen MR) is 50.0 cm³/mol. The van der Waals surface area contributed by atoms with Gasteiger partial charge in [0.25, 0.3) is 6.43 Å². The minimum absolute atomic E-state index is 0.413. The highest BCUT2D eigenvalue weighted by atomic mass is 35.5. The molecule has 1 aromatic heterocycles. The van der Waals surface area contributed by atoms with Gasteiger partial charge in [0.05, 0.1) is 13.0 Å². The van der Waals surface area contributed by atoms with E-state index in [1.165, 1.54) is 0 Å². The van der Waals surface area contributed by atoms with Crippen LogP contribution in [-0.2, 0) is 10.6 Å². The molecule has 0 amide bonds. The zero-order chi connectivity index (χ0) is 12.3. The van der Waals surface area contributed by atoms with Gasteiger partial charge in [0, 0.05) is 11.6 Å². The fraction of sp³-hybridized carbons (Fsp3) is 0.333.